The van der Waals surface area contributed by atoms with Gasteiger partial charge in [-0.2, -0.15) is 0 Å². The number of likely N-dealkylation sites (N-methyl/N-ethyl adjacent to an activating group) is 2. The van der Waals surface area contributed by atoms with Crippen molar-refractivity contribution in [2.75, 3.05) is 39.3 Å². The second-order valence-electron chi connectivity index (χ2n) is 12.9. The Morgan fingerprint density at radius 2 is 1.06 bits per heavy atom. The number of hydrogen-bond donors (Lipinski definition) is 0. The first-order chi connectivity index (χ1) is 24.4. The van der Waals surface area contributed by atoms with E-state index in [1.165, 1.54) is 37.4 Å². The van der Waals surface area contributed by atoms with E-state index in [0.29, 0.717) is 57.5 Å². The van der Waals surface area contributed by atoms with Crippen molar-refractivity contribution >= 4 is 126 Å². The molecule has 4 saturated heterocycles. The van der Waals surface area contributed by atoms with Crippen molar-refractivity contribution in [3.05, 3.63) is 44.5 Å². The first-order valence-corrected chi connectivity index (χ1v) is 23.1. The molecule has 0 aromatic rings. The molecular formula is C34H50CaN4O8S6. The number of amides is 2. The van der Waals surface area contributed by atoms with Gasteiger partial charge in [0.15, 0.2) is 0 Å². The summed E-state index contributed by atoms with van der Waals surface area (Å²) >= 11 is 13.3. The van der Waals surface area contributed by atoms with E-state index in [4.69, 9.17) is 24.4 Å². The molecule has 4 heterocycles. The van der Waals surface area contributed by atoms with Gasteiger partial charge in [0.05, 0.1) is 30.0 Å². The average molecular weight is 875 g/mol. The van der Waals surface area contributed by atoms with Crippen LogP contribution < -0.4 is 0 Å². The van der Waals surface area contributed by atoms with Crippen molar-refractivity contribution in [3.63, 3.8) is 0 Å². The van der Waals surface area contributed by atoms with Crippen LogP contribution >= 0.6 is 48.0 Å². The summed E-state index contributed by atoms with van der Waals surface area (Å²) < 4.78 is 67.7. The Hall–Kier alpha value is -0.540. The zero-order valence-corrected chi connectivity index (χ0v) is 38.5. The molecule has 53 heavy (non-hydrogen) atoms. The molecular weight excluding hydrogens is 825 g/mol. The third-order valence-corrected chi connectivity index (χ3v) is 14.9. The fourth-order valence-electron chi connectivity index (χ4n) is 6.10. The van der Waals surface area contributed by atoms with E-state index < -0.39 is 30.7 Å². The van der Waals surface area contributed by atoms with Crippen molar-refractivity contribution in [2.45, 2.75) is 103 Å². The molecule has 0 saturated carbocycles. The van der Waals surface area contributed by atoms with Crippen LogP contribution in [0.15, 0.2) is 44.5 Å². The quantitative estimate of drug-likeness (QED) is 0.0959. The summed E-state index contributed by atoms with van der Waals surface area (Å²) in [7, 11) is -8.50. The van der Waals surface area contributed by atoms with Gasteiger partial charge in [0.25, 0.3) is 11.8 Å². The zero-order chi connectivity index (χ0) is 39.0. The molecule has 292 valence electrons. The summed E-state index contributed by atoms with van der Waals surface area (Å²) in [5.74, 6) is -0.0707. The van der Waals surface area contributed by atoms with Gasteiger partial charge in [-0.1, -0.05) is 61.8 Å². The van der Waals surface area contributed by atoms with E-state index in [2.05, 4.69) is 9.80 Å². The largest absolute Gasteiger partial charge is 2.00 e. The van der Waals surface area contributed by atoms with Gasteiger partial charge < -0.3 is 18.9 Å². The molecule has 4 rings (SSSR count). The zero-order valence-electron chi connectivity index (χ0n) is 31.4. The molecule has 4 aliphatic heterocycles. The van der Waals surface area contributed by atoms with Crippen LogP contribution in [0.25, 0.3) is 0 Å². The third-order valence-electron chi connectivity index (χ3n) is 9.49. The molecule has 4 aliphatic rings. The standard InChI is InChI=1S/2C17H26N2O4S3.Ca/c2*1-4-13(15-16(20)19(5-2)17(24)25-15)11-14-7-6-9-18(14)10-8-12(3)26(21,22)23;/h2*11-12H,4-10H2,1-3H3,(H,21,22,23);/q;;+2/p-2. The van der Waals surface area contributed by atoms with Gasteiger partial charge in [0.1, 0.15) is 8.64 Å². The van der Waals surface area contributed by atoms with Crippen molar-refractivity contribution < 1.29 is 35.5 Å². The molecule has 4 fully saturated rings. The van der Waals surface area contributed by atoms with E-state index in [0.717, 1.165) is 74.2 Å². The molecule has 0 spiro atoms. The van der Waals surface area contributed by atoms with Crippen LogP contribution in [0.3, 0.4) is 0 Å². The summed E-state index contributed by atoms with van der Waals surface area (Å²) in [5.41, 5.74) is 4.12. The maximum atomic E-state index is 12.5. The number of rotatable bonds is 14. The summed E-state index contributed by atoms with van der Waals surface area (Å²) in [6.07, 6.45) is 9.89. The molecule has 0 aromatic heterocycles. The first kappa shape index (κ1) is 48.6. The second-order valence-corrected chi connectivity index (χ2v) is 19.8. The maximum Gasteiger partial charge on any atom is 2.00 e. The van der Waals surface area contributed by atoms with Crippen molar-refractivity contribution in [3.8, 4) is 0 Å². The van der Waals surface area contributed by atoms with Crippen LogP contribution in [-0.4, -0.2) is 154 Å². The topological polar surface area (TPSA) is 162 Å². The molecule has 0 aromatic carbocycles. The van der Waals surface area contributed by atoms with Gasteiger partial charge >= 0.3 is 37.7 Å². The molecule has 0 N–H and O–H groups in total. The molecule has 0 radical (unpaired) electrons. The van der Waals surface area contributed by atoms with Crippen molar-refractivity contribution in [1.82, 2.24) is 19.6 Å². The fourth-order valence-corrected chi connectivity index (χ4v) is 9.87. The first-order valence-electron chi connectivity index (χ1n) is 17.7. The van der Waals surface area contributed by atoms with E-state index in [1.807, 2.05) is 39.8 Å². The van der Waals surface area contributed by atoms with Gasteiger partial charge in [-0.3, -0.25) is 19.4 Å². The summed E-state index contributed by atoms with van der Waals surface area (Å²) in [6.45, 7) is 14.6. The van der Waals surface area contributed by atoms with E-state index >= 15 is 0 Å². The van der Waals surface area contributed by atoms with E-state index in [1.54, 1.807) is 9.80 Å². The van der Waals surface area contributed by atoms with Crippen LogP contribution in [0, 0.1) is 0 Å². The minimum atomic E-state index is -4.25. The number of allylic oxidation sites excluding steroid dienone is 6. The molecule has 2 unspecified atom stereocenters. The van der Waals surface area contributed by atoms with Crippen LogP contribution in [0.2, 0.25) is 0 Å². The second kappa shape index (κ2) is 21.8. The molecule has 0 aliphatic carbocycles. The Bertz CT molecular complexity index is 1620. The predicted molar refractivity (Wildman–Crippen MR) is 221 cm³/mol. The monoisotopic (exact) mass is 874 g/mol. The Kier molecular flexibility index (Phi) is 20.0. The Morgan fingerprint density at radius 1 is 0.717 bits per heavy atom. The van der Waals surface area contributed by atoms with Crippen LogP contribution in [-0.2, 0) is 29.8 Å². The Labute approximate surface area is 365 Å². The van der Waals surface area contributed by atoms with Gasteiger partial charge in [0.2, 0.25) is 0 Å². The number of thioether (sulfide) groups is 2. The summed E-state index contributed by atoms with van der Waals surface area (Å²) in [4.78, 5) is 33.9. The van der Waals surface area contributed by atoms with Crippen LogP contribution in [0.4, 0.5) is 0 Å². The molecule has 19 heteroatoms. The molecule has 12 nitrogen and oxygen atoms in total. The van der Waals surface area contributed by atoms with Crippen molar-refractivity contribution in [1.29, 1.82) is 0 Å². The minimum absolute atomic E-state index is 0. The number of nitrogens with zero attached hydrogens (tertiary/aromatic N) is 4. The Balaban J connectivity index is 0.000000360. The van der Waals surface area contributed by atoms with E-state index in [9.17, 15) is 35.5 Å². The average Bonchev–Trinajstić information content (AvgIpc) is 3.85. The SMILES string of the molecule is CCC(C=C1CCCN1CCC(C)S(=O)(=O)[O-])=C1SC(=S)N(CC)C1=O.CCC(C=C1CCCN1CCC(C)S(=O)(=O)[O-])=C1SC(=S)N(CC)C1=O.[Ca+2]. The number of carbonyl (C=O) groups is 2. The molecule has 0 bridgehead atoms. The van der Waals surface area contributed by atoms with Gasteiger partial charge in [-0.15, -0.1) is 0 Å². The number of hydrogen-bond acceptors (Lipinski definition) is 14. The maximum absolute atomic E-state index is 12.5. The number of carbonyl (C=O) groups excluding carboxylic acids is 2. The van der Waals surface area contributed by atoms with Gasteiger partial charge in [0, 0.05) is 61.2 Å². The van der Waals surface area contributed by atoms with Gasteiger partial charge in [-0.05, 0) is 102 Å². The van der Waals surface area contributed by atoms with Gasteiger partial charge in [-0.25, -0.2) is 16.8 Å². The van der Waals surface area contributed by atoms with E-state index in [-0.39, 0.29) is 49.6 Å². The normalized spacial score (nSPS) is 22.9. The summed E-state index contributed by atoms with van der Waals surface area (Å²) in [6, 6.07) is 0. The molecule has 2 atom stereocenters. The van der Waals surface area contributed by atoms with Crippen molar-refractivity contribution in [2.24, 2.45) is 0 Å². The van der Waals surface area contributed by atoms with Crippen LogP contribution in [0.1, 0.15) is 92.9 Å². The third kappa shape index (κ3) is 13.3. The van der Waals surface area contributed by atoms with Crippen LogP contribution in [0.5, 0.6) is 0 Å². The fraction of sp³-hybridized carbons (Fsp3) is 0.647. The minimum Gasteiger partial charge on any atom is -0.748 e. The number of thiocarbonyl (C=S) groups is 2. The predicted octanol–water partition coefficient (Wildman–Crippen LogP) is 5.29. The summed E-state index contributed by atoms with van der Waals surface area (Å²) in [5, 5.41) is -1.79. The smallest absolute Gasteiger partial charge is 0.748 e. The Morgan fingerprint density at radius 3 is 1.32 bits per heavy atom. The molecule has 2 amide bonds. The number of likely N-dealkylation sites (tertiary alicyclic amines) is 2.